The van der Waals surface area contributed by atoms with Crippen LogP contribution in [0, 0.1) is 12.8 Å². The average Bonchev–Trinajstić information content (AvgIpc) is 3.41. The van der Waals surface area contributed by atoms with Crippen molar-refractivity contribution in [2.45, 2.75) is 32.7 Å². The Morgan fingerprint density at radius 3 is 2.45 bits per heavy atom. The van der Waals surface area contributed by atoms with E-state index >= 15 is 0 Å². The van der Waals surface area contributed by atoms with Gasteiger partial charge in [0, 0.05) is 29.1 Å². The van der Waals surface area contributed by atoms with Crippen molar-refractivity contribution in [1.29, 1.82) is 0 Å². The van der Waals surface area contributed by atoms with Gasteiger partial charge in [-0.05, 0) is 74.7 Å². The molecule has 1 aliphatic carbocycles. The number of rotatable bonds is 8. The molecule has 0 bridgehead atoms. The summed E-state index contributed by atoms with van der Waals surface area (Å²) >= 11 is 1.48. The minimum atomic E-state index is -0.143. The summed E-state index contributed by atoms with van der Waals surface area (Å²) in [6.45, 7) is 2.85. The highest BCUT2D eigenvalue weighted by Gasteiger charge is 2.25. The lowest BCUT2D eigenvalue weighted by Gasteiger charge is -2.10. The Balaban J connectivity index is 1.46. The smallest absolute Gasteiger partial charge is 0.265 e. The molecule has 0 radical (unpaired) electrons. The molecule has 1 fully saturated rings. The number of carbonyl (C=O) groups is 2. The highest BCUT2D eigenvalue weighted by atomic mass is 32.1. The van der Waals surface area contributed by atoms with Crippen molar-refractivity contribution in [1.82, 2.24) is 4.90 Å². The van der Waals surface area contributed by atoms with Gasteiger partial charge in [0.25, 0.3) is 5.91 Å². The SMILES string of the molecule is Cc1ccc(C(=O)CC2CC2)cc1NC(=O)c1ccc(-c2ccc(CN(C)C)cc2)s1. The van der Waals surface area contributed by atoms with Crippen molar-refractivity contribution in [2.75, 3.05) is 19.4 Å². The molecule has 1 heterocycles. The van der Waals surface area contributed by atoms with Crippen LogP contribution in [0.1, 0.15) is 50.4 Å². The minimum Gasteiger partial charge on any atom is -0.321 e. The van der Waals surface area contributed by atoms with E-state index in [1.54, 1.807) is 0 Å². The molecule has 0 unspecified atom stereocenters. The molecule has 2 aromatic carbocycles. The van der Waals surface area contributed by atoms with E-state index in [-0.39, 0.29) is 11.7 Å². The molecular weight excluding hydrogens is 404 g/mol. The second-order valence-corrected chi connectivity index (χ2v) is 9.74. The average molecular weight is 433 g/mol. The molecule has 160 valence electrons. The number of ketones is 1. The van der Waals surface area contributed by atoms with Crippen molar-refractivity contribution in [3.63, 3.8) is 0 Å². The Hall–Kier alpha value is -2.76. The zero-order valence-corrected chi connectivity index (χ0v) is 19.1. The highest BCUT2D eigenvalue weighted by molar-refractivity contribution is 7.17. The summed E-state index contributed by atoms with van der Waals surface area (Å²) < 4.78 is 0. The van der Waals surface area contributed by atoms with Gasteiger partial charge in [0.1, 0.15) is 0 Å². The first-order valence-electron chi connectivity index (χ1n) is 10.7. The molecule has 1 N–H and O–H groups in total. The molecule has 5 heteroatoms. The lowest BCUT2D eigenvalue weighted by Crippen LogP contribution is -2.12. The number of nitrogens with one attached hydrogen (secondary N) is 1. The topological polar surface area (TPSA) is 49.4 Å². The molecule has 1 amide bonds. The molecule has 4 nitrogen and oxygen atoms in total. The summed E-state index contributed by atoms with van der Waals surface area (Å²) in [6, 6.07) is 17.9. The zero-order chi connectivity index (χ0) is 22.0. The van der Waals surface area contributed by atoms with Gasteiger partial charge < -0.3 is 10.2 Å². The van der Waals surface area contributed by atoms with Gasteiger partial charge in [-0.3, -0.25) is 9.59 Å². The van der Waals surface area contributed by atoms with E-state index in [1.165, 1.54) is 16.9 Å². The molecule has 31 heavy (non-hydrogen) atoms. The second-order valence-electron chi connectivity index (χ2n) is 8.65. The number of amides is 1. The maximum absolute atomic E-state index is 12.9. The van der Waals surface area contributed by atoms with Gasteiger partial charge in [0.2, 0.25) is 0 Å². The fourth-order valence-electron chi connectivity index (χ4n) is 3.57. The molecule has 3 aromatic rings. The summed E-state index contributed by atoms with van der Waals surface area (Å²) in [6.07, 6.45) is 2.92. The van der Waals surface area contributed by atoms with Crippen LogP contribution in [0.4, 0.5) is 5.69 Å². The van der Waals surface area contributed by atoms with Gasteiger partial charge in [0.05, 0.1) is 4.88 Å². The molecule has 4 rings (SSSR count). The van der Waals surface area contributed by atoms with Crippen molar-refractivity contribution < 1.29 is 9.59 Å². The predicted octanol–water partition coefficient (Wildman–Crippen LogP) is 6.02. The lowest BCUT2D eigenvalue weighted by atomic mass is 10.0. The fourth-order valence-corrected chi connectivity index (χ4v) is 4.48. The van der Waals surface area contributed by atoms with Crippen molar-refractivity contribution in [3.8, 4) is 10.4 Å². The van der Waals surface area contributed by atoms with Gasteiger partial charge in [0.15, 0.2) is 5.78 Å². The Kier molecular flexibility index (Phi) is 6.35. The van der Waals surface area contributed by atoms with E-state index in [2.05, 4.69) is 48.6 Å². The number of thiophene rings is 1. The van der Waals surface area contributed by atoms with Crippen molar-refractivity contribution in [2.24, 2.45) is 5.92 Å². The Labute approximate surface area is 187 Å². The van der Waals surface area contributed by atoms with E-state index in [1.807, 2.05) is 37.3 Å². The van der Waals surface area contributed by atoms with Crippen LogP contribution in [0.15, 0.2) is 54.6 Å². The van der Waals surface area contributed by atoms with Crippen LogP contribution >= 0.6 is 11.3 Å². The minimum absolute atomic E-state index is 0.143. The lowest BCUT2D eigenvalue weighted by molar-refractivity contribution is 0.0974. The monoisotopic (exact) mass is 432 g/mol. The van der Waals surface area contributed by atoms with Crippen molar-refractivity contribution in [3.05, 3.63) is 76.2 Å². The van der Waals surface area contributed by atoms with Crippen LogP contribution in [0.5, 0.6) is 0 Å². The second kappa shape index (κ2) is 9.16. The number of hydrogen-bond acceptors (Lipinski definition) is 4. The van der Waals surface area contributed by atoms with Crippen LogP contribution in [0.2, 0.25) is 0 Å². The van der Waals surface area contributed by atoms with Crippen LogP contribution < -0.4 is 5.32 Å². The van der Waals surface area contributed by atoms with E-state index < -0.39 is 0 Å². The molecule has 0 aliphatic heterocycles. The van der Waals surface area contributed by atoms with Gasteiger partial charge in [-0.2, -0.15) is 0 Å². The van der Waals surface area contributed by atoms with Crippen LogP contribution in [0.3, 0.4) is 0 Å². The maximum atomic E-state index is 12.9. The first-order valence-corrected chi connectivity index (χ1v) is 11.5. The highest BCUT2D eigenvalue weighted by Crippen LogP contribution is 2.34. The summed E-state index contributed by atoms with van der Waals surface area (Å²) in [7, 11) is 4.11. The molecule has 1 aliphatic rings. The number of nitrogens with zero attached hydrogens (tertiary/aromatic N) is 1. The number of hydrogen-bond donors (Lipinski definition) is 1. The molecule has 0 saturated heterocycles. The Morgan fingerprint density at radius 2 is 1.77 bits per heavy atom. The summed E-state index contributed by atoms with van der Waals surface area (Å²) in [5.74, 6) is 0.567. The fraction of sp³-hybridized carbons (Fsp3) is 0.308. The molecule has 0 spiro atoms. The quantitative estimate of drug-likeness (QED) is 0.443. The third kappa shape index (κ3) is 5.49. The Morgan fingerprint density at radius 1 is 1.03 bits per heavy atom. The Bertz CT molecular complexity index is 1090. The van der Waals surface area contributed by atoms with E-state index in [9.17, 15) is 9.59 Å². The molecule has 0 atom stereocenters. The van der Waals surface area contributed by atoms with Crippen LogP contribution in [0.25, 0.3) is 10.4 Å². The normalized spacial score (nSPS) is 13.4. The van der Waals surface area contributed by atoms with Gasteiger partial charge in [-0.1, -0.05) is 36.4 Å². The van der Waals surface area contributed by atoms with Crippen molar-refractivity contribution >= 4 is 28.7 Å². The predicted molar refractivity (Wildman–Crippen MR) is 128 cm³/mol. The largest absolute Gasteiger partial charge is 0.321 e. The summed E-state index contributed by atoms with van der Waals surface area (Å²) in [5, 5.41) is 3.00. The maximum Gasteiger partial charge on any atom is 0.265 e. The number of Topliss-reactive ketones (excluding diaryl/α,β-unsaturated/α-hetero) is 1. The van der Waals surface area contributed by atoms with Crippen LogP contribution in [-0.4, -0.2) is 30.7 Å². The van der Waals surface area contributed by atoms with Gasteiger partial charge >= 0.3 is 0 Å². The summed E-state index contributed by atoms with van der Waals surface area (Å²) in [5.41, 5.74) is 4.70. The number of aryl methyl sites for hydroxylation is 1. The van der Waals surface area contributed by atoms with E-state index in [4.69, 9.17) is 0 Å². The number of benzene rings is 2. The summed E-state index contributed by atoms with van der Waals surface area (Å²) in [4.78, 5) is 29.2. The van der Waals surface area contributed by atoms with Gasteiger partial charge in [-0.15, -0.1) is 11.3 Å². The molecule has 1 saturated carbocycles. The molecular formula is C26H28N2O2S. The third-order valence-corrected chi connectivity index (χ3v) is 6.68. The zero-order valence-electron chi connectivity index (χ0n) is 18.3. The first-order chi connectivity index (χ1) is 14.9. The standard InChI is InChI=1S/C26H28N2O2S/c1-17-4-9-21(23(29)14-18-5-6-18)15-22(17)27-26(30)25-13-12-24(31-25)20-10-7-19(8-11-20)16-28(2)3/h4,7-13,15,18H,5-6,14,16H2,1-3H3,(H,27,30). The number of anilines is 1. The number of carbonyl (C=O) groups excluding carboxylic acids is 2. The van der Waals surface area contributed by atoms with E-state index in [0.717, 1.165) is 35.4 Å². The van der Waals surface area contributed by atoms with Crippen LogP contribution in [-0.2, 0) is 6.54 Å². The molecule has 1 aromatic heterocycles. The van der Waals surface area contributed by atoms with Gasteiger partial charge in [-0.25, -0.2) is 0 Å². The third-order valence-electron chi connectivity index (χ3n) is 5.55. The van der Waals surface area contributed by atoms with E-state index in [0.29, 0.717) is 28.5 Å². The first kappa shape index (κ1) is 21.5.